The van der Waals surface area contributed by atoms with Crippen LogP contribution in [0.2, 0.25) is 0 Å². The summed E-state index contributed by atoms with van der Waals surface area (Å²) in [5, 5.41) is 2.37. The van der Waals surface area contributed by atoms with Gasteiger partial charge in [-0.2, -0.15) is 0 Å². The first kappa shape index (κ1) is 16.0. The molecule has 0 aliphatic heterocycles. The summed E-state index contributed by atoms with van der Waals surface area (Å²) < 4.78 is 10.3. The number of hydrogen-bond donors (Lipinski definition) is 1. The molecule has 0 aromatic heterocycles. The molecule has 0 saturated carbocycles. The fraction of sp³-hybridized carbons (Fsp3) is 0.467. The number of rotatable bonds is 6. The van der Waals surface area contributed by atoms with Crippen molar-refractivity contribution in [2.45, 2.75) is 33.0 Å². The highest BCUT2D eigenvalue weighted by Crippen LogP contribution is 2.13. The number of amides is 1. The van der Waals surface area contributed by atoms with E-state index in [0.29, 0.717) is 0 Å². The third kappa shape index (κ3) is 5.73. The molecule has 1 aromatic carbocycles. The molecule has 5 heteroatoms. The zero-order valence-corrected chi connectivity index (χ0v) is 12.1. The maximum atomic E-state index is 11.8. The van der Waals surface area contributed by atoms with E-state index in [9.17, 15) is 9.59 Å². The quantitative estimate of drug-likeness (QED) is 0.813. The maximum Gasteiger partial charge on any atom is 0.407 e. The van der Waals surface area contributed by atoms with E-state index in [0.717, 1.165) is 5.56 Å². The van der Waals surface area contributed by atoms with Gasteiger partial charge in [0.25, 0.3) is 0 Å². The van der Waals surface area contributed by atoms with Crippen LogP contribution < -0.4 is 5.32 Å². The summed E-state index contributed by atoms with van der Waals surface area (Å²) >= 11 is 0. The minimum absolute atomic E-state index is 0.0385. The average Bonchev–Trinajstić information content (AvgIpc) is 2.45. The largest absolute Gasteiger partial charge is 0.461 e. The van der Waals surface area contributed by atoms with E-state index >= 15 is 0 Å². The second-order valence-corrected chi connectivity index (χ2v) is 4.79. The molecule has 1 amide bonds. The topological polar surface area (TPSA) is 64.6 Å². The highest BCUT2D eigenvalue weighted by molar-refractivity contribution is 5.71. The van der Waals surface area contributed by atoms with Crippen LogP contribution in [0.4, 0.5) is 4.79 Å². The van der Waals surface area contributed by atoms with Gasteiger partial charge in [-0.15, -0.1) is 0 Å². The van der Waals surface area contributed by atoms with Crippen LogP contribution in [-0.4, -0.2) is 25.2 Å². The van der Waals surface area contributed by atoms with Crippen molar-refractivity contribution in [3.8, 4) is 0 Å². The maximum absolute atomic E-state index is 11.8. The molecule has 0 saturated heterocycles. The molecule has 0 spiro atoms. The van der Waals surface area contributed by atoms with Crippen LogP contribution in [0.5, 0.6) is 0 Å². The monoisotopic (exact) mass is 279 g/mol. The van der Waals surface area contributed by atoms with Gasteiger partial charge in [-0.1, -0.05) is 44.2 Å². The predicted molar refractivity (Wildman–Crippen MR) is 75.0 cm³/mol. The molecule has 1 atom stereocenters. The first-order chi connectivity index (χ1) is 9.52. The molecule has 0 aliphatic rings. The van der Waals surface area contributed by atoms with Gasteiger partial charge < -0.3 is 14.8 Å². The fourth-order valence-electron chi connectivity index (χ4n) is 1.57. The second kappa shape index (κ2) is 8.19. The van der Waals surface area contributed by atoms with Crippen molar-refractivity contribution in [3.05, 3.63) is 35.9 Å². The lowest BCUT2D eigenvalue weighted by atomic mass is 10.0. The number of carbonyl (C=O) groups is 2. The Labute approximate surface area is 119 Å². The van der Waals surface area contributed by atoms with Gasteiger partial charge in [0, 0.05) is 7.05 Å². The molecular formula is C15H21NO4. The number of nitrogens with one attached hydrogen (secondary N) is 1. The summed E-state index contributed by atoms with van der Waals surface area (Å²) in [4.78, 5) is 23.0. The summed E-state index contributed by atoms with van der Waals surface area (Å²) in [5.74, 6) is -0.340. The van der Waals surface area contributed by atoms with E-state index in [-0.39, 0.29) is 24.9 Å². The van der Waals surface area contributed by atoms with Crippen LogP contribution in [0.25, 0.3) is 0 Å². The summed E-state index contributed by atoms with van der Waals surface area (Å²) in [6.45, 7) is 4.00. The smallest absolute Gasteiger partial charge is 0.407 e. The van der Waals surface area contributed by atoms with E-state index in [1.54, 1.807) is 0 Å². The molecule has 1 aromatic rings. The molecule has 0 radical (unpaired) electrons. The number of benzene rings is 1. The number of esters is 1. The molecule has 1 rings (SSSR count). The zero-order valence-electron chi connectivity index (χ0n) is 12.1. The van der Waals surface area contributed by atoms with Crippen molar-refractivity contribution in [2.24, 2.45) is 5.92 Å². The van der Waals surface area contributed by atoms with E-state index < -0.39 is 12.2 Å². The number of alkyl carbamates (subject to hydrolysis) is 1. The highest BCUT2D eigenvalue weighted by atomic mass is 16.6. The van der Waals surface area contributed by atoms with Crippen LogP contribution in [0.15, 0.2) is 30.3 Å². The summed E-state index contributed by atoms with van der Waals surface area (Å²) in [6, 6.07) is 9.43. The molecule has 0 aliphatic carbocycles. The first-order valence-corrected chi connectivity index (χ1v) is 6.60. The van der Waals surface area contributed by atoms with Crippen molar-refractivity contribution in [3.63, 3.8) is 0 Å². The first-order valence-electron chi connectivity index (χ1n) is 6.60. The van der Waals surface area contributed by atoms with Crippen molar-refractivity contribution >= 4 is 12.1 Å². The Morgan fingerprint density at radius 2 is 1.85 bits per heavy atom. The minimum atomic E-state index is -0.542. The fourth-order valence-corrected chi connectivity index (χ4v) is 1.57. The van der Waals surface area contributed by atoms with Crippen LogP contribution >= 0.6 is 0 Å². The molecule has 20 heavy (non-hydrogen) atoms. The Morgan fingerprint density at radius 1 is 1.20 bits per heavy atom. The van der Waals surface area contributed by atoms with Gasteiger partial charge in [-0.3, -0.25) is 4.79 Å². The van der Waals surface area contributed by atoms with Gasteiger partial charge >= 0.3 is 12.1 Å². The predicted octanol–water partition coefficient (Wildman–Crippen LogP) is 2.50. The van der Waals surface area contributed by atoms with E-state index in [1.807, 2.05) is 44.2 Å². The van der Waals surface area contributed by atoms with Crippen LogP contribution in [0.1, 0.15) is 25.8 Å². The lowest BCUT2D eigenvalue weighted by Gasteiger charge is -2.20. The molecule has 1 N–H and O–H groups in total. The van der Waals surface area contributed by atoms with Crippen LogP contribution in [-0.2, 0) is 20.9 Å². The van der Waals surface area contributed by atoms with Crippen molar-refractivity contribution in [1.29, 1.82) is 0 Å². The normalized spacial score (nSPS) is 11.8. The number of carbonyl (C=O) groups excluding carboxylic acids is 2. The minimum Gasteiger partial charge on any atom is -0.461 e. The Morgan fingerprint density at radius 3 is 2.40 bits per heavy atom. The molecule has 0 heterocycles. The number of hydrogen-bond acceptors (Lipinski definition) is 4. The van der Waals surface area contributed by atoms with Crippen molar-refractivity contribution in [2.75, 3.05) is 7.05 Å². The van der Waals surface area contributed by atoms with E-state index in [4.69, 9.17) is 9.47 Å². The summed E-state index contributed by atoms with van der Waals surface area (Å²) in [7, 11) is 1.48. The molecule has 0 unspecified atom stereocenters. The third-order valence-electron chi connectivity index (χ3n) is 2.82. The Kier molecular flexibility index (Phi) is 6.56. The number of ether oxygens (including phenoxy) is 2. The van der Waals surface area contributed by atoms with Crippen molar-refractivity contribution in [1.82, 2.24) is 5.32 Å². The zero-order chi connectivity index (χ0) is 15.0. The third-order valence-corrected chi connectivity index (χ3v) is 2.82. The van der Waals surface area contributed by atoms with Gasteiger partial charge in [0.2, 0.25) is 0 Å². The lowest BCUT2D eigenvalue weighted by Crippen LogP contribution is -2.31. The molecule has 5 nitrogen and oxygen atoms in total. The Hall–Kier alpha value is -2.04. The standard InChI is InChI=1S/C15H21NO4/c1-11(2)13(20-15(18)16-3)9-14(17)19-10-12-7-5-4-6-8-12/h4-8,11,13H,9-10H2,1-3H3,(H,16,18)/t13-/m1/s1. The lowest BCUT2D eigenvalue weighted by molar-refractivity contribution is -0.147. The Bertz CT molecular complexity index is 431. The SMILES string of the molecule is CNC(=O)O[C@H](CC(=O)OCc1ccccc1)C(C)C. The highest BCUT2D eigenvalue weighted by Gasteiger charge is 2.22. The van der Waals surface area contributed by atoms with E-state index in [1.165, 1.54) is 7.05 Å². The van der Waals surface area contributed by atoms with E-state index in [2.05, 4.69) is 5.32 Å². The van der Waals surface area contributed by atoms with Gasteiger partial charge in [-0.05, 0) is 11.5 Å². The summed E-state index contributed by atoms with van der Waals surface area (Å²) in [5.41, 5.74) is 0.925. The molecule has 0 bridgehead atoms. The molecule has 0 fully saturated rings. The second-order valence-electron chi connectivity index (χ2n) is 4.79. The van der Waals surface area contributed by atoms with Gasteiger partial charge in [0.1, 0.15) is 12.7 Å². The van der Waals surface area contributed by atoms with Gasteiger partial charge in [-0.25, -0.2) is 4.79 Å². The summed E-state index contributed by atoms with van der Waals surface area (Å²) in [6.07, 6.45) is -0.976. The van der Waals surface area contributed by atoms with Gasteiger partial charge in [0.05, 0.1) is 6.42 Å². The molecule has 110 valence electrons. The van der Waals surface area contributed by atoms with Crippen LogP contribution in [0, 0.1) is 5.92 Å². The average molecular weight is 279 g/mol. The van der Waals surface area contributed by atoms with Gasteiger partial charge in [0.15, 0.2) is 0 Å². The van der Waals surface area contributed by atoms with Crippen LogP contribution in [0.3, 0.4) is 0 Å². The molecular weight excluding hydrogens is 258 g/mol. The van der Waals surface area contributed by atoms with Crippen molar-refractivity contribution < 1.29 is 19.1 Å². The Balaban J connectivity index is 2.44.